The number of ether oxygens (including phenoxy) is 2. The van der Waals surface area contributed by atoms with E-state index < -0.39 is 0 Å². The Morgan fingerprint density at radius 1 is 1.11 bits per heavy atom. The topological polar surface area (TPSA) is 82.5 Å². The molecule has 0 saturated heterocycles. The third-order valence-corrected chi connectivity index (χ3v) is 4.16. The largest absolute Gasteiger partial charge is 0.490 e. The summed E-state index contributed by atoms with van der Waals surface area (Å²) in [5, 5.41) is 3.56. The van der Waals surface area contributed by atoms with Gasteiger partial charge < -0.3 is 14.8 Å². The molecular formula is C20H20ClN3O4. The minimum atomic E-state index is -0.364. The van der Waals surface area contributed by atoms with Crippen molar-refractivity contribution in [1.29, 1.82) is 0 Å². The minimum absolute atomic E-state index is 0.175. The summed E-state index contributed by atoms with van der Waals surface area (Å²) in [7, 11) is 0. The van der Waals surface area contributed by atoms with E-state index >= 15 is 0 Å². The molecule has 0 bridgehead atoms. The van der Waals surface area contributed by atoms with Gasteiger partial charge in [0.2, 0.25) is 5.91 Å². The lowest BCUT2D eigenvalue weighted by molar-refractivity contribution is -0.116. The Bertz CT molecular complexity index is 1060. The zero-order chi connectivity index (χ0) is 20.1. The molecule has 146 valence electrons. The molecule has 3 rings (SSSR count). The lowest BCUT2D eigenvalue weighted by Gasteiger charge is -2.13. The number of hydrogen-bond acceptors (Lipinski definition) is 5. The van der Waals surface area contributed by atoms with Gasteiger partial charge in [0.1, 0.15) is 6.54 Å². The van der Waals surface area contributed by atoms with E-state index in [-0.39, 0.29) is 18.0 Å². The van der Waals surface area contributed by atoms with Gasteiger partial charge >= 0.3 is 0 Å². The van der Waals surface area contributed by atoms with Crippen LogP contribution in [0.4, 0.5) is 5.69 Å². The van der Waals surface area contributed by atoms with Gasteiger partial charge in [0.25, 0.3) is 5.56 Å². The Kier molecular flexibility index (Phi) is 6.16. The van der Waals surface area contributed by atoms with Gasteiger partial charge in [-0.15, -0.1) is 0 Å². The molecule has 8 heteroatoms. The molecule has 0 saturated carbocycles. The first-order valence-electron chi connectivity index (χ1n) is 8.86. The number of anilines is 1. The minimum Gasteiger partial charge on any atom is -0.490 e. The van der Waals surface area contributed by atoms with Crippen molar-refractivity contribution in [3.8, 4) is 11.5 Å². The van der Waals surface area contributed by atoms with Gasteiger partial charge in [0, 0.05) is 16.8 Å². The summed E-state index contributed by atoms with van der Waals surface area (Å²) in [6, 6.07) is 10.0. The lowest BCUT2D eigenvalue weighted by Crippen LogP contribution is -2.27. The highest BCUT2D eigenvalue weighted by molar-refractivity contribution is 6.31. The maximum Gasteiger partial charge on any atom is 0.261 e. The average Bonchev–Trinajstić information content (AvgIpc) is 2.67. The fraction of sp³-hybridized carbons (Fsp3) is 0.250. The highest BCUT2D eigenvalue weighted by atomic mass is 35.5. The second-order valence-corrected chi connectivity index (χ2v) is 6.35. The smallest absolute Gasteiger partial charge is 0.261 e. The molecule has 1 amide bonds. The van der Waals surface area contributed by atoms with Crippen molar-refractivity contribution in [1.82, 2.24) is 9.55 Å². The third-order valence-electron chi connectivity index (χ3n) is 3.93. The Morgan fingerprint density at radius 3 is 2.61 bits per heavy atom. The fourth-order valence-electron chi connectivity index (χ4n) is 2.73. The normalized spacial score (nSPS) is 10.7. The Morgan fingerprint density at radius 2 is 1.86 bits per heavy atom. The number of nitrogens with one attached hydrogen (secondary N) is 1. The van der Waals surface area contributed by atoms with Crippen LogP contribution in [0.2, 0.25) is 5.02 Å². The molecule has 0 unspecified atom stereocenters. The molecule has 0 aliphatic carbocycles. The number of carbonyl (C=O) groups is 1. The van der Waals surface area contributed by atoms with Crippen molar-refractivity contribution in [2.45, 2.75) is 20.4 Å². The second-order valence-electron chi connectivity index (χ2n) is 5.91. The molecule has 0 radical (unpaired) electrons. The van der Waals surface area contributed by atoms with Crippen LogP contribution >= 0.6 is 11.6 Å². The SMILES string of the molecule is CCOc1ccc(NC(=O)Cn2cnc3ccc(Cl)cc3c2=O)cc1OCC. The van der Waals surface area contributed by atoms with Gasteiger partial charge in [-0.05, 0) is 44.2 Å². The van der Waals surface area contributed by atoms with Crippen molar-refractivity contribution in [3.63, 3.8) is 0 Å². The van der Waals surface area contributed by atoms with Crippen LogP contribution in [0.1, 0.15) is 13.8 Å². The van der Waals surface area contributed by atoms with Gasteiger partial charge in [-0.1, -0.05) is 11.6 Å². The van der Waals surface area contributed by atoms with Crippen molar-refractivity contribution in [2.75, 3.05) is 18.5 Å². The molecule has 0 fully saturated rings. The first kappa shape index (κ1) is 19.7. The van der Waals surface area contributed by atoms with Crippen LogP contribution in [-0.2, 0) is 11.3 Å². The first-order chi connectivity index (χ1) is 13.5. The number of amides is 1. The Hall–Kier alpha value is -3.06. The molecule has 1 N–H and O–H groups in total. The zero-order valence-electron chi connectivity index (χ0n) is 15.6. The van der Waals surface area contributed by atoms with E-state index in [1.165, 1.54) is 10.9 Å². The maximum absolute atomic E-state index is 12.6. The zero-order valence-corrected chi connectivity index (χ0v) is 16.3. The van der Waals surface area contributed by atoms with Crippen LogP contribution in [-0.4, -0.2) is 28.7 Å². The summed E-state index contributed by atoms with van der Waals surface area (Å²) in [6.07, 6.45) is 1.35. The summed E-state index contributed by atoms with van der Waals surface area (Å²) in [5.41, 5.74) is 0.741. The predicted octanol–water partition coefficient (Wildman–Crippen LogP) is 3.49. The number of fused-ring (bicyclic) bond motifs is 1. The molecule has 2 aromatic carbocycles. The van der Waals surface area contributed by atoms with Crippen molar-refractivity contribution in [2.24, 2.45) is 0 Å². The number of nitrogens with zero attached hydrogens (tertiary/aromatic N) is 2. The summed E-state index contributed by atoms with van der Waals surface area (Å²) in [6.45, 7) is 4.55. The first-order valence-corrected chi connectivity index (χ1v) is 9.23. The van der Waals surface area contributed by atoms with Gasteiger partial charge in [-0.25, -0.2) is 4.98 Å². The van der Waals surface area contributed by atoms with E-state index in [1.807, 2.05) is 13.8 Å². The highest BCUT2D eigenvalue weighted by Crippen LogP contribution is 2.30. The predicted molar refractivity (Wildman–Crippen MR) is 108 cm³/mol. The molecule has 1 heterocycles. The number of rotatable bonds is 7. The summed E-state index contributed by atoms with van der Waals surface area (Å²) in [5.74, 6) is 0.785. The third kappa shape index (κ3) is 4.43. The fourth-order valence-corrected chi connectivity index (χ4v) is 2.90. The number of benzene rings is 2. The van der Waals surface area contributed by atoms with E-state index in [0.29, 0.717) is 46.3 Å². The number of aromatic nitrogens is 2. The lowest BCUT2D eigenvalue weighted by atomic mass is 10.2. The molecule has 0 spiro atoms. The molecule has 1 aromatic heterocycles. The monoisotopic (exact) mass is 401 g/mol. The quantitative estimate of drug-likeness (QED) is 0.655. The van der Waals surface area contributed by atoms with Crippen LogP contribution in [0.3, 0.4) is 0 Å². The number of carbonyl (C=O) groups excluding carboxylic acids is 1. The molecule has 0 aliphatic rings. The second kappa shape index (κ2) is 8.75. The van der Waals surface area contributed by atoms with Crippen molar-refractivity contribution in [3.05, 3.63) is 58.1 Å². The van der Waals surface area contributed by atoms with Gasteiger partial charge in [0.05, 0.1) is 30.4 Å². The molecule has 7 nitrogen and oxygen atoms in total. The summed E-state index contributed by atoms with van der Waals surface area (Å²) < 4.78 is 12.3. The molecule has 0 aliphatic heterocycles. The van der Waals surface area contributed by atoms with Crippen LogP contribution in [0.25, 0.3) is 10.9 Å². The Balaban J connectivity index is 1.79. The highest BCUT2D eigenvalue weighted by Gasteiger charge is 2.11. The van der Waals surface area contributed by atoms with Crippen LogP contribution in [0.5, 0.6) is 11.5 Å². The molecule has 3 aromatic rings. The number of hydrogen-bond donors (Lipinski definition) is 1. The van der Waals surface area contributed by atoms with E-state index in [2.05, 4.69) is 10.3 Å². The van der Waals surface area contributed by atoms with E-state index in [0.717, 1.165) is 0 Å². The van der Waals surface area contributed by atoms with Crippen molar-refractivity contribution >= 4 is 34.1 Å². The van der Waals surface area contributed by atoms with Crippen LogP contribution in [0.15, 0.2) is 47.5 Å². The van der Waals surface area contributed by atoms with Gasteiger partial charge in [-0.2, -0.15) is 0 Å². The molecule has 0 atom stereocenters. The Labute approximate surface area is 166 Å². The van der Waals surface area contributed by atoms with Gasteiger partial charge in [0.15, 0.2) is 11.5 Å². The van der Waals surface area contributed by atoms with Gasteiger partial charge in [-0.3, -0.25) is 14.2 Å². The summed E-state index contributed by atoms with van der Waals surface area (Å²) >= 11 is 5.95. The van der Waals surface area contributed by atoms with E-state index in [4.69, 9.17) is 21.1 Å². The summed E-state index contributed by atoms with van der Waals surface area (Å²) in [4.78, 5) is 29.2. The maximum atomic E-state index is 12.6. The van der Waals surface area contributed by atoms with E-state index in [1.54, 1.807) is 36.4 Å². The van der Waals surface area contributed by atoms with Crippen LogP contribution in [0, 0.1) is 0 Å². The molecular weight excluding hydrogens is 382 g/mol. The van der Waals surface area contributed by atoms with E-state index in [9.17, 15) is 9.59 Å². The average molecular weight is 402 g/mol. The molecule has 28 heavy (non-hydrogen) atoms. The van der Waals surface area contributed by atoms with Crippen LogP contribution < -0.4 is 20.3 Å². The standard InChI is InChI=1S/C20H20ClN3O4/c1-3-27-17-8-6-14(10-18(17)28-4-2)23-19(25)11-24-12-22-16-7-5-13(21)9-15(16)20(24)26/h5-10,12H,3-4,11H2,1-2H3,(H,23,25). The van der Waals surface area contributed by atoms with Crippen molar-refractivity contribution < 1.29 is 14.3 Å². The number of halogens is 1.